The lowest BCUT2D eigenvalue weighted by Crippen LogP contribution is -2.28. The number of hydrogen-bond donors (Lipinski definition) is 1. The molecule has 1 fully saturated rings. The van der Waals surface area contributed by atoms with Gasteiger partial charge in [0, 0.05) is 23.0 Å². The van der Waals surface area contributed by atoms with Gasteiger partial charge < -0.3 is 5.32 Å². The Labute approximate surface area is 96.8 Å². The standard InChI is InChI=1S/C13H18ClN/c1-3-13-12(8-9(2)15-13)10-4-6-11(14)7-5-10/h4-7,9,12-13,15H,3,8H2,1-2H3. The fourth-order valence-corrected chi connectivity index (χ4v) is 2.70. The molecule has 0 saturated carbocycles. The summed E-state index contributed by atoms with van der Waals surface area (Å²) in [6.07, 6.45) is 2.43. The van der Waals surface area contributed by atoms with E-state index in [-0.39, 0.29) is 0 Å². The first kappa shape index (κ1) is 11.0. The lowest BCUT2D eigenvalue weighted by atomic mass is 9.90. The van der Waals surface area contributed by atoms with E-state index in [1.54, 1.807) is 0 Å². The first-order valence-electron chi connectivity index (χ1n) is 5.72. The molecule has 0 bridgehead atoms. The summed E-state index contributed by atoms with van der Waals surface area (Å²) in [7, 11) is 0. The first-order valence-corrected chi connectivity index (χ1v) is 6.10. The largest absolute Gasteiger partial charge is 0.311 e. The van der Waals surface area contributed by atoms with Crippen LogP contribution >= 0.6 is 11.6 Å². The fourth-order valence-electron chi connectivity index (χ4n) is 2.58. The smallest absolute Gasteiger partial charge is 0.0406 e. The second-order valence-corrected chi connectivity index (χ2v) is 4.91. The Bertz CT molecular complexity index is 320. The van der Waals surface area contributed by atoms with Crippen molar-refractivity contribution in [3.63, 3.8) is 0 Å². The quantitative estimate of drug-likeness (QED) is 0.808. The summed E-state index contributed by atoms with van der Waals surface area (Å²) in [6.45, 7) is 4.51. The van der Waals surface area contributed by atoms with E-state index < -0.39 is 0 Å². The molecule has 0 radical (unpaired) electrons. The molecule has 82 valence electrons. The van der Waals surface area contributed by atoms with Gasteiger partial charge in [0.1, 0.15) is 0 Å². The van der Waals surface area contributed by atoms with Crippen LogP contribution in [0.1, 0.15) is 38.2 Å². The van der Waals surface area contributed by atoms with E-state index in [1.807, 2.05) is 12.1 Å². The predicted octanol–water partition coefficient (Wildman–Crippen LogP) is 3.58. The molecular weight excluding hydrogens is 206 g/mol. The van der Waals surface area contributed by atoms with Crippen molar-refractivity contribution < 1.29 is 0 Å². The zero-order valence-corrected chi connectivity index (χ0v) is 10.1. The molecule has 1 aliphatic rings. The second-order valence-electron chi connectivity index (χ2n) is 4.48. The van der Waals surface area contributed by atoms with Crippen LogP contribution in [0.25, 0.3) is 0 Å². The summed E-state index contributed by atoms with van der Waals surface area (Å²) >= 11 is 5.90. The van der Waals surface area contributed by atoms with Crippen LogP contribution in [0.4, 0.5) is 0 Å². The van der Waals surface area contributed by atoms with Crippen molar-refractivity contribution in [2.75, 3.05) is 0 Å². The number of benzene rings is 1. The average molecular weight is 224 g/mol. The molecule has 2 rings (SSSR count). The molecule has 1 nitrogen and oxygen atoms in total. The van der Waals surface area contributed by atoms with Crippen LogP contribution in [0, 0.1) is 0 Å². The van der Waals surface area contributed by atoms with Gasteiger partial charge >= 0.3 is 0 Å². The molecule has 1 saturated heterocycles. The van der Waals surface area contributed by atoms with E-state index in [9.17, 15) is 0 Å². The molecule has 0 aromatic heterocycles. The molecule has 2 heteroatoms. The van der Waals surface area contributed by atoms with Crippen LogP contribution in [0.2, 0.25) is 5.02 Å². The highest BCUT2D eigenvalue weighted by Gasteiger charge is 2.30. The van der Waals surface area contributed by atoms with Crippen molar-refractivity contribution in [2.45, 2.75) is 44.7 Å². The van der Waals surface area contributed by atoms with E-state index in [1.165, 1.54) is 18.4 Å². The third-order valence-electron chi connectivity index (χ3n) is 3.33. The van der Waals surface area contributed by atoms with Gasteiger partial charge in [0.05, 0.1) is 0 Å². The normalized spacial score (nSPS) is 30.7. The Morgan fingerprint density at radius 3 is 2.60 bits per heavy atom. The molecular formula is C13H18ClN. The summed E-state index contributed by atoms with van der Waals surface area (Å²) in [5.41, 5.74) is 1.42. The molecule has 0 aliphatic carbocycles. The van der Waals surface area contributed by atoms with Crippen molar-refractivity contribution >= 4 is 11.6 Å². The highest BCUT2D eigenvalue weighted by molar-refractivity contribution is 6.30. The van der Waals surface area contributed by atoms with Crippen LogP contribution in [0.5, 0.6) is 0 Å². The lowest BCUT2D eigenvalue weighted by Gasteiger charge is -2.18. The van der Waals surface area contributed by atoms with Gasteiger partial charge in [-0.05, 0) is 37.5 Å². The monoisotopic (exact) mass is 223 g/mol. The Morgan fingerprint density at radius 1 is 1.33 bits per heavy atom. The van der Waals surface area contributed by atoms with Crippen LogP contribution in [0.3, 0.4) is 0 Å². The van der Waals surface area contributed by atoms with Gasteiger partial charge in [0.2, 0.25) is 0 Å². The molecule has 3 unspecified atom stereocenters. The zero-order chi connectivity index (χ0) is 10.8. The minimum Gasteiger partial charge on any atom is -0.311 e. The number of nitrogens with one attached hydrogen (secondary N) is 1. The molecule has 1 heterocycles. The third kappa shape index (κ3) is 2.35. The molecule has 0 amide bonds. The predicted molar refractivity (Wildman–Crippen MR) is 65.5 cm³/mol. The highest BCUT2D eigenvalue weighted by atomic mass is 35.5. The van der Waals surface area contributed by atoms with E-state index in [0.29, 0.717) is 18.0 Å². The molecule has 0 spiro atoms. The van der Waals surface area contributed by atoms with Crippen molar-refractivity contribution in [1.29, 1.82) is 0 Å². The Balaban J connectivity index is 2.19. The van der Waals surface area contributed by atoms with Gasteiger partial charge in [-0.3, -0.25) is 0 Å². The summed E-state index contributed by atoms with van der Waals surface area (Å²) < 4.78 is 0. The van der Waals surface area contributed by atoms with E-state index in [4.69, 9.17) is 11.6 Å². The number of rotatable bonds is 2. The van der Waals surface area contributed by atoms with Gasteiger partial charge in [-0.25, -0.2) is 0 Å². The Hall–Kier alpha value is -0.530. The Kier molecular flexibility index (Phi) is 3.32. The van der Waals surface area contributed by atoms with Crippen molar-refractivity contribution in [3.8, 4) is 0 Å². The summed E-state index contributed by atoms with van der Waals surface area (Å²) in [6, 6.07) is 9.57. The third-order valence-corrected chi connectivity index (χ3v) is 3.58. The number of hydrogen-bond acceptors (Lipinski definition) is 1. The minimum atomic E-state index is 0.626. The van der Waals surface area contributed by atoms with E-state index in [2.05, 4.69) is 31.3 Å². The average Bonchev–Trinajstić information content (AvgIpc) is 2.61. The maximum Gasteiger partial charge on any atom is 0.0406 e. The molecule has 1 aromatic rings. The zero-order valence-electron chi connectivity index (χ0n) is 9.33. The van der Waals surface area contributed by atoms with Crippen LogP contribution in [-0.4, -0.2) is 12.1 Å². The van der Waals surface area contributed by atoms with Gasteiger partial charge in [-0.2, -0.15) is 0 Å². The topological polar surface area (TPSA) is 12.0 Å². The molecule has 1 N–H and O–H groups in total. The van der Waals surface area contributed by atoms with Crippen molar-refractivity contribution in [2.24, 2.45) is 0 Å². The summed E-state index contributed by atoms with van der Waals surface area (Å²) in [4.78, 5) is 0. The molecule has 1 aliphatic heterocycles. The van der Waals surface area contributed by atoms with Gasteiger partial charge in [-0.15, -0.1) is 0 Å². The first-order chi connectivity index (χ1) is 7.20. The summed E-state index contributed by atoms with van der Waals surface area (Å²) in [5, 5.41) is 4.46. The molecule has 1 aromatic carbocycles. The SMILES string of the molecule is CCC1NC(C)CC1c1ccc(Cl)cc1. The van der Waals surface area contributed by atoms with Gasteiger partial charge in [0.25, 0.3) is 0 Å². The Morgan fingerprint density at radius 2 is 2.00 bits per heavy atom. The summed E-state index contributed by atoms with van der Waals surface area (Å²) in [5.74, 6) is 0.655. The lowest BCUT2D eigenvalue weighted by molar-refractivity contribution is 0.517. The van der Waals surface area contributed by atoms with Gasteiger partial charge in [-0.1, -0.05) is 30.7 Å². The number of halogens is 1. The van der Waals surface area contributed by atoms with Gasteiger partial charge in [0.15, 0.2) is 0 Å². The molecule has 15 heavy (non-hydrogen) atoms. The highest BCUT2D eigenvalue weighted by Crippen LogP contribution is 2.32. The minimum absolute atomic E-state index is 0.626. The second kappa shape index (κ2) is 4.54. The fraction of sp³-hybridized carbons (Fsp3) is 0.538. The van der Waals surface area contributed by atoms with Crippen molar-refractivity contribution in [1.82, 2.24) is 5.32 Å². The molecule has 3 atom stereocenters. The van der Waals surface area contributed by atoms with Crippen molar-refractivity contribution in [3.05, 3.63) is 34.9 Å². The maximum absolute atomic E-state index is 5.90. The van der Waals surface area contributed by atoms with Crippen LogP contribution in [-0.2, 0) is 0 Å². The van der Waals surface area contributed by atoms with E-state index >= 15 is 0 Å². The van der Waals surface area contributed by atoms with Crippen LogP contribution in [0.15, 0.2) is 24.3 Å². The van der Waals surface area contributed by atoms with Crippen LogP contribution < -0.4 is 5.32 Å². The van der Waals surface area contributed by atoms with E-state index in [0.717, 1.165) is 5.02 Å². The maximum atomic E-state index is 5.90.